The highest BCUT2D eigenvalue weighted by molar-refractivity contribution is 7.17. The smallest absolute Gasteiger partial charge is 0.341 e. The van der Waals surface area contributed by atoms with Gasteiger partial charge in [-0.15, -0.1) is 11.3 Å². The van der Waals surface area contributed by atoms with Gasteiger partial charge in [0.1, 0.15) is 5.00 Å². The molecular weight excluding hydrogens is 328 g/mol. The van der Waals surface area contributed by atoms with Gasteiger partial charge in [-0.25, -0.2) is 4.79 Å². The molecule has 1 aliphatic carbocycles. The lowest BCUT2D eigenvalue weighted by Gasteiger charge is -2.14. The van der Waals surface area contributed by atoms with E-state index >= 15 is 0 Å². The van der Waals surface area contributed by atoms with Gasteiger partial charge in [-0.2, -0.15) is 0 Å². The first kappa shape index (κ1) is 18.4. The number of carbonyl (C=O) groups is 3. The van der Waals surface area contributed by atoms with E-state index in [0.29, 0.717) is 10.6 Å². The molecule has 2 amide bonds. The van der Waals surface area contributed by atoms with Gasteiger partial charge in [0, 0.05) is 17.8 Å². The predicted molar refractivity (Wildman–Crippen MR) is 93.4 cm³/mol. The zero-order valence-electron chi connectivity index (χ0n) is 14.4. The van der Waals surface area contributed by atoms with E-state index in [1.165, 1.54) is 18.3 Å². The van der Waals surface area contributed by atoms with Crippen LogP contribution in [0.15, 0.2) is 0 Å². The molecule has 0 bridgehead atoms. The fourth-order valence-electron chi connectivity index (χ4n) is 2.65. The van der Waals surface area contributed by atoms with Crippen LogP contribution in [0.2, 0.25) is 0 Å². The van der Waals surface area contributed by atoms with E-state index in [9.17, 15) is 14.4 Å². The minimum absolute atomic E-state index is 0.0417. The van der Waals surface area contributed by atoms with E-state index in [2.05, 4.69) is 10.6 Å². The Labute approximate surface area is 146 Å². The number of fused-ring (bicyclic) bond motifs is 1. The van der Waals surface area contributed by atoms with E-state index in [4.69, 9.17) is 4.74 Å². The minimum Gasteiger partial charge on any atom is -0.452 e. The summed E-state index contributed by atoms with van der Waals surface area (Å²) in [5, 5.41) is 6.00. The minimum atomic E-state index is -0.544. The van der Waals surface area contributed by atoms with E-state index in [0.717, 1.165) is 42.5 Å². The number of esters is 1. The van der Waals surface area contributed by atoms with E-state index in [1.807, 2.05) is 13.8 Å². The number of rotatable bonds is 6. The fraction of sp³-hybridized carbons (Fsp3) is 0.588. The number of aryl methyl sites for hydroxylation is 1. The molecule has 1 heterocycles. The zero-order valence-corrected chi connectivity index (χ0v) is 15.2. The van der Waals surface area contributed by atoms with Crippen molar-refractivity contribution in [3.05, 3.63) is 16.0 Å². The maximum absolute atomic E-state index is 12.5. The quantitative estimate of drug-likeness (QED) is 0.771. The van der Waals surface area contributed by atoms with Gasteiger partial charge in [-0.3, -0.25) is 9.59 Å². The third-order valence-corrected chi connectivity index (χ3v) is 5.23. The van der Waals surface area contributed by atoms with Gasteiger partial charge < -0.3 is 15.4 Å². The third-order valence-electron chi connectivity index (χ3n) is 4.02. The number of amides is 2. The molecule has 1 aromatic rings. The van der Waals surface area contributed by atoms with Crippen molar-refractivity contribution in [3.8, 4) is 0 Å². The number of thiophene rings is 1. The molecule has 0 aliphatic heterocycles. The van der Waals surface area contributed by atoms with Crippen molar-refractivity contribution in [2.45, 2.75) is 58.9 Å². The van der Waals surface area contributed by atoms with Crippen molar-refractivity contribution in [2.75, 3.05) is 11.9 Å². The standard InChI is InChI=1S/C17H24N2O4S/c1-4-10(2)18-14(21)9-23-17(22)15-12-7-5-6-8-13(12)24-16(15)19-11(3)20/h10H,4-9H2,1-3H3,(H,18,21)(H,19,20). The number of hydrogen-bond donors (Lipinski definition) is 2. The molecule has 0 radical (unpaired) electrons. The van der Waals surface area contributed by atoms with Gasteiger partial charge in [0.15, 0.2) is 6.61 Å². The van der Waals surface area contributed by atoms with Crippen molar-refractivity contribution in [1.29, 1.82) is 0 Å². The second-order valence-electron chi connectivity index (χ2n) is 6.05. The van der Waals surface area contributed by atoms with Gasteiger partial charge in [-0.05, 0) is 44.6 Å². The molecule has 0 aromatic carbocycles. The van der Waals surface area contributed by atoms with Crippen LogP contribution in [0, 0.1) is 0 Å². The molecule has 0 saturated heterocycles. The van der Waals surface area contributed by atoms with Gasteiger partial charge in [0.05, 0.1) is 5.56 Å². The fourth-order valence-corrected chi connectivity index (χ4v) is 3.98. The van der Waals surface area contributed by atoms with Crippen LogP contribution in [0.1, 0.15) is 60.8 Å². The van der Waals surface area contributed by atoms with E-state index in [1.54, 1.807) is 0 Å². The van der Waals surface area contributed by atoms with Crippen LogP contribution < -0.4 is 10.6 Å². The number of nitrogens with one attached hydrogen (secondary N) is 2. The van der Waals surface area contributed by atoms with Crippen molar-refractivity contribution >= 4 is 34.1 Å². The average Bonchev–Trinajstić information content (AvgIpc) is 2.89. The first-order valence-corrected chi connectivity index (χ1v) is 9.12. The largest absolute Gasteiger partial charge is 0.452 e. The topological polar surface area (TPSA) is 84.5 Å². The van der Waals surface area contributed by atoms with Gasteiger partial charge in [-0.1, -0.05) is 6.92 Å². The van der Waals surface area contributed by atoms with Crippen LogP contribution >= 0.6 is 11.3 Å². The molecule has 2 rings (SSSR count). The van der Waals surface area contributed by atoms with Crippen LogP contribution in [-0.2, 0) is 27.2 Å². The van der Waals surface area contributed by atoms with Crippen molar-refractivity contribution < 1.29 is 19.1 Å². The molecule has 24 heavy (non-hydrogen) atoms. The predicted octanol–water partition coefficient (Wildman–Crippen LogP) is 2.66. The summed E-state index contributed by atoms with van der Waals surface area (Å²) in [4.78, 5) is 36.8. The summed E-state index contributed by atoms with van der Waals surface area (Å²) >= 11 is 1.43. The van der Waals surface area contributed by atoms with Crippen molar-refractivity contribution in [2.24, 2.45) is 0 Å². The van der Waals surface area contributed by atoms with Crippen LogP contribution in [0.25, 0.3) is 0 Å². The first-order chi connectivity index (χ1) is 11.4. The Morgan fingerprint density at radius 1 is 1.25 bits per heavy atom. The Kier molecular flexibility index (Phi) is 6.36. The molecule has 2 N–H and O–H groups in total. The number of anilines is 1. The Morgan fingerprint density at radius 2 is 1.96 bits per heavy atom. The van der Waals surface area contributed by atoms with Gasteiger partial charge in [0.2, 0.25) is 5.91 Å². The lowest BCUT2D eigenvalue weighted by Crippen LogP contribution is -2.35. The van der Waals surface area contributed by atoms with Crippen LogP contribution in [-0.4, -0.2) is 30.4 Å². The Hall–Kier alpha value is -1.89. The van der Waals surface area contributed by atoms with Gasteiger partial charge in [0.25, 0.3) is 5.91 Å². The van der Waals surface area contributed by atoms with Crippen LogP contribution in [0.4, 0.5) is 5.00 Å². The summed E-state index contributed by atoms with van der Waals surface area (Å²) in [6.07, 6.45) is 4.62. The Morgan fingerprint density at radius 3 is 2.62 bits per heavy atom. The Balaban J connectivity index is 2.11. The molecule has 6 nitrogen and oxygen atoms in total. The molecule has 1 aromatic heterocycles. The van der Waals surface area contributed by atoms with Gasteiger partial charge >= 0.3 is 5.97 Å². The van der Waals surface area contributed by atoms with Crippen molar-refractivity contribution in [1.82, 2.24) is 5.32 Å². The monoisotopic (exact) mass is 352 g/mol. The molecule has 1 aliphatic rings. The summed E-state index contributed by atoms with van der Waals surface area (Å²) < 4.78 is 5.19. The first-order valence-electron chi connectivity index (χ1n) is 8.31. The molecule has 0 spiro atoms. The molecule has 7 heteroatoms. The lowest BCUT2D eigenvalue weighted by molar-refractivity contribution is -0.124. The number of carbonyl (C=O) groups excluding carboxylic acids is 3. The second kappa shape index (κ2) is 8.28. The molecule has 1 unspecified atom stereocenters. The highest BCUT2D eigenvalue weighted by Crippen LogP contribution is 2.38. The SMILES string of the molecule is CCC(C)NC(=O)COC(=O)c1c(NC(C)=O)sc2c1CCCC2. The molecule has 0 saturated carbocycles. The molecule has 0 fully saturated rings. The number of hydrogen-bond acceptors (Lipinski definition) is 5. The third kappa shape index (κ3) is 4.56. The summed E-state index contributed by atoms with van der Waals surface area (Å²) in [6.45, 7) is 4.96. The normalized spacial score (nSPS) is 14.5. The average molecular weight is 352 g/mol. The summed E-state index contributed by atoms with van der Waals surface area (Å²) in [7, 11) is 0. The maximum Gasteiger partial charge on any atom is 0.341 e. The van der Waals surface area contributed by atoms with Crippen LogP contribution in [0.3, 0.4) is 0 Å². The highest BCUT2D eigenvalue weighted by atomic mass is 32.1. The number of ether oxygens (including phenoxy) is 1. The van der Waals surface area contributed by atoms with E-state index < -0.39 is 5.97 Å². The summed E-state index contributed by atoms with van der Waals surface area (Å²) in [6, 6.07) is 0.0417. The Bertz CT molecular complexity index is 639. The van der Waals surface area contributed by atoms with E-state index in [-0.39, 0.29) is 24.5 Å². The molecule has 1 atom stereocenters. The zero-order chi connectivity index (χ0) is 17.7. The second-order valence-corrected chi connectivity index (χ2v) is 7.15. The molecular formula is C17H24N2O4S. The van der Waals surface area contributed by atoms with Crippen LogP contribution in [0.5, 0.6) is 0 Å². The summed E-state index contributed by atoms with van der Waals surface area (Å²) in [5.74, 6) is -1.09. The summed E-state index contributed by atoms with van der Waals surface area (Å²) in [5.41, 5.74) is 1.38. The maximum atomic E-state index is 12.5. The van der Waals surface area contributed by atoms with Crippen molar-refractivity contribution in [3.63, 3.8) is 0 Å². The lowest BCUT2D eigenvalue weighted by atomic mass is 9.95. The highest BCUT2D eigenvalue weighted by Gasteiger charge is 2.27. The molecule has 132 valence electrons.